The number of nitrogens with zero attached hydrogens (tertiary/aromatic N) is 3. The maximum Gasteiger partial charge on any atom is 0.320 e. The fourth-order valence-electron chi connectivity index (χ4n) is 3.40. The maximum absolute atomic E-state index is 12.3. The molecule has 7 nitrogen and oxygen atoms in total. The fraction of sp³-hybridized carbons (Fsp3) is 0.556. The Morgan fingerprint density at radius 2 is 2.16 bits per heavy atom. The summed E-state index contributed by atoms with van der Waals surface area (Å²) in [5, 5.41) is 10.3. The standard InChI is InChI=1S/C18H27N5O2/c1-22(2)15(16-9-6-12-25-16)13-19-18(24)21-17-10-11-20-23(17)14-7-4-3-5-8-14/h6,9-12,14-15H,3-5,7-8,13H2,1-2H3,(H2,19,21,24)/t15-/m1/s1. The molecular weight excluding hydrogens is 318 g/mol. The van der Waals surface area contributed by atoms with Crippen molar-refractivity contribution in [2.45, 2.75) is 44.2 Å². The van der Waals surface area contributed by atoms with Gasteiger partial charge in [-0.15, -0.1) is 0 Å². The minimum Gasteiger partial charge on any atom is -0.468 e. The number of anilines is 1. The van der Waals surface area contributed by atoms with E-state index in [0.717, 1.165) is 24.4 Å². The minimum absolute atomic E-state index is 0.0102. The molecule has 1 atom stereocenters. The number of amides is 2. The highest BCUT2D eigenvalue weighted by Gasteiger charge is 2.20. The molecule has 25 heavy (non-hydrogen) atoms. The molecule has 136 valence electrons. The lowest BCUT2D eigenvalue weighted by molar-refractivity contribution is 0.233. The smallest absolute Gasteiger partial charge is 0.320 e. The Morgan fingerprint density at radius 3 is 2.84 bits per heavy atom. The predicted molar refractivity (Wildman–Crippen MR) is 96.5 cm³/mol. The molecule has 2 heterocycles. The van der Waals surface area contributed by atoms with E-state index in [-0.39, 0.29) is 12.1 Å². The number of nitrogens with one attached hydrogen (secondary N) is 2. The van der Waals surface area contributed by atoms with E-state index in [1.807, 2.05) is 41.9 Å². The van der Waals surface area contributed by atoms with Gasteiger partial charge in [-0.1, -0.05) is 19.3 Å². The van der Waals surface area contributed by atoms with E-state index in [2.05, 4.69) is 15.7 Å². The minimum atomic E-state index is -0.226. The molecule has 0 saturated heterocycles. The van der Waals surface area contributed by atoms with Crippen LogP contribution in [-0.2, 0) is 0 Å². The lowest BCUT2D eigenvalue weighted by Crippen LogP contribution is -2.37. The van der Waals surface area contributed by atoms with E-state index in [1.165, 1.54) is 19.3 Å². The van der Waals surface area contributed by atoms with Gasteiger partial charge in [-0.3, -0.25) is 10.2 Å². The number of carbonyl (C=O) groups excluding carboxylic acids is 1. The molecule has 7 heteroatoms. The van der Waals surface area contributed by atoms with Crippen LogP contribution in [0.3, 0.4) is 0 Å². The lowest BCUT2D eigenvalue weighted by atomic mass is 9.96. The van der Waals surface area contributed by atoms with Crippen LogP contribution in [0.2, 0.25) is 0 Å². The van der Waals surface area contributed by atoms with Crippen LogP contribution in [0, 0.1) is 0 Å². The first-order valence-corrected chi connectivity index (χ1v) is 8.93. The quantitative estimate of drug-likeness (QED) is 0.841. The zero-order valence-electron chi connectivity index (χ0n) is 14.9. The highest BCUT2D eigenvalue weighted by Crippen LogP contribution is 2.29. The van der Waals surface area contributed by atoms with Crippen molar-refractivity contribution in [2.24, 2.45) is 0 Å². The van der Waals surface area contributed by atoms with E-state index in [0.29, 0.717) is 12.6 Å². The number of furan rings is 1. The van der Waals surface area contributed by atoms with Gasteiger partial charge in [-0.05, 0) is 39.1 Å². The van der Waals surface area contributed by atoms with Crippen LogP contribution in [0.1, 0.15) is 49.9 Å². The van der Waals surface area contributed by atoms with Crippen molar-refractivity contribution >= 4 is 11.8 Å². The van der Waals surface area contributed by atoms with Crippen LogP contribution < -0.4 is 10.6 Å². The third-order valence-corrected chi connectivity index (χ3v) is 4.78. The van der Waals surface area contributed by atoms with Gasteiger partial charge in [0.25, 0.3) is 0 Å². The Balaban J connectivity index is 1.57. The average molecular weight is 345 g/mol. The summed E-state index contributed by atoms with van der Waals surface area (Å²) in [5.41, 5.74) is 0. The van der Waals surface area contributed by atoms with E-state index < -0.39 is 0 Å². The van der Waals surface area contributed by atoms with Gasteiger partial charge in [0.05, 0.1) is 24.5 Å². The molecule has 2 aromatic heterocycles. The molecule has 0 spiro atoms. The van der Waals surface area contributed by atoms with Crippen molar-refractivity contribution in [1.82, 2.24) is 20.0 Å². The Kier molecular flexibility index (Phi) is 5.75. The fourth-order valence-corrected chi connectivity index (χ4v) is 3.40. The molecule has 2 aromatic rings. The molecule has 0 aliphatic heterocycles. The van der Waals surface area contributed by atoms with E-state index in [9.17, 15) is 4.79 Å². The SMILES string of the molecule is CN(C)[C@H](CNC(=O)Nc1ccnn1C1CCCCC1)c1ccco1. The second-order valence-corrected chi connectivity index (χ2v) is 6.78. The first-order valence-electron chi connectivity index (χ1n) is 8.93. The van der Waals surface area contributed by atoms with Crippen LogP contribution in [-0.4, -0.2) is 41.4 Å². The van der Waals surface area contributed by atoms with Crippen molar-refractivity contribution in [1.29, 1.82) is 0 Å². The first kappa shape index (κ1) is 17.5. The number of urea groups is 1. The summed E-state index contributed by atoms with van der Waals surface area (Å²) in [5.74, 6) is 1.58. The Morgan fingerprint density at radius 1 is 1.36 bits per heavy atom. The molecule has 0 aromatic carbocycles. The average Bonchev–Trinajstić information content (AvgIpc) is 3.27. The highest BCUT2D eigenvalue weighted by atomic mass is 16.3. The van der Waals surface area contributed by atoms with Gasteiger partial charge in [0, 0.05) is 12.6 Å². The highest BCUT2D eigenvalue weighted by molar-refractivity contribution is 5.88. The van der Waals surface area contributed by atoms with Crippen molar-refractivity contribution in [3.63, 3.8) is 0 Å². The molecule has 1 saturated carbocycles. The molecule has 0 radical (unpaired) electrons. The van der Waals surface area contributed by atoms with Crippen molar-refractivity contribution in [3.8, 4) is 0 Å². The van der Waals surface area contributed by atoms with E-state index in [4.69, 9.17) is 4.42 Å². The number of aromatic nitrogens is 2. The largest absolute Gasteiger partial charge is 0.468 e. The molecular formula is C18H27N5O2. The van der Waals surface area contributed by atoms with Crippen molar-refractivity contribution < 1.29 is 9.21 Å². The van der Waals surface area contributed by atoms with Crippen LogP contribution >= 0.6 is 0 Å². The normalized spacial score (nSPS) is 16.8. The summed E-state index contributed by atoms with van der Waals surface area (Å²) < 4.78 is 7.42. The zero-order valence-corrected chi connectivity index (χ0v) is 14.9. The van der Waals surface area contributed by atoms with Crippen LogP contribution in [0.25, 0.3) is 0 Å². The lowest BCUT2D eigenvalue weighted by Gasteiger charge is -2.24. The van der Waals surface area contributed by atoms with Crippen LogP contribution in [0.5, 0.6) is 0 Å². The van der Waals surface area contributed by atoms with Gasteiger partial charge in [0.1, 0.15) is 11.6 Å². The molecule has 1 aliphatic carbocycles. The molecule has 0 bridgehead atoms. The number of carbonyl (C=O) groups is 1. The van der Waals surface area contributed by atoms with Gasteiger partial charge in [0.15, 0.2) is 0 Å². The van der Waals surface area contributed by atoms with Gasteiger partial charge in [-0.25, -0.2) is 9.48 Å². The topological polar surface area (TPSA) is 75.3 Å². The monoisotopic (exact) mass is 345 g/mol. The summed E-state index contributed by atoms with van der Waals surface area (Å²) in [6.45, 7) is 0.462. The van der Waals surface area contributed by atoms with E-state index in [1.54, 1.807) is 12.5 Å². The first-order chi connectivity index (χ1) is 12.1. The maximum atomic E-state index is 12.3. The molecule has 2 amide bonds. The molecule has 3 rings (SSSR count). The summed E-state index contributed by atoms with van der Waals surface area (Å²) in [7, 11) is 3.93. The van der Waals surface area contributed by atoms with Crippen molar-refractivity contribution in [2.75, 3.05) is 26.0 Å². The Bertz CT molecular complexity index is 659. The summed E-state index contributed by atoms with van der Waals surface area (Å²) in [6.07, 6.45) is 9.38. The summed E-state index contributed by atoms with van der Waals surface area (Å²) in [4.78, 5) is 14.3. The predicted octanol–water partition coefficient (Wildman–Crippen LogP) is 3.41. The number of rotatable bonds is 6. The van der Waals surface area contributed by atoms with Crippen LogP contribution in [0.15, 0.2) is 35.1 Å². The molecule has 0 unspecified atom stereocenters. The number of likely N-dealkylation sites (N-methyl/N-ethyl adjacent to an activating group) is 1. The summed E-state index contributed by atoms with van der Waals surface area (Å²) in [6, 6.07) is 5.78. The number of hydrogen-bond acceptors (Lipinski definition) is 4. The van der Waals surface area contributed by atoms with Gasteiger partial charge in [0.2, 0.25) is 0 Å². The third kappa shape index (κ3) is 4.42. The molecule has 1 fully saturated rings. The molecule has 2 N–H and O–H groups in total. The second-order valence-electron chi connectivity index (χ2n) is 6.78. The van der Waals surface area contributed by atoms with Crippen molar-refractivity contribution in [3.05, 3.63) is 36.4 Å². The van der Waals surface area contributed by atoms with Gasteiger partial charge < -0.3 is 9.73 Å². The third-order valence-electron chi connectivity index (χ3n) is 4.78. The summed E-state index contributed by atoms with van der Waals surface area (Å²) >= 11 is 0. The van der Waals surface area contributed by atoms with Gasteiger partial charge >= 0.3 is 6.03 Å². The Hall–Kier alpha value is -2.28. The molecule has 1 aliphatic rings. The number of hydrogen-bond donors (Lipinski definition) is 2. The second kappa shape index (κ2) is 8.20. The van der Waals surface area contributed by atoms with Gasteiger partial charge in [-0.2, -0.15) is 5.10 Å². The Labute approximate surface area is 148 Å². The zero-order chi connectivity index (χ0) is 17.6. The van der Waals surface area contributed by atoms with Crippen LogP contribution in [0.4, 0.5) is 10.6 Å². The van der Waals surface area contributed by atoms with E-state index >= 15 is 0 Å².